The summed E-state index contributed by atoms with van der Waals surface area (Å²) in [6.45, 7) is 5.31. The molecule has 0 saturated carbocycles. The number of aromatic nitrogens is 4. The molecule has 0 aliphatic carbocycles. The Morgan fingerprint density at radius 1 is 1.08 bits per heavy atom. The van der Waals surface area contributed by atoms with Gasteiger partial charge in [0.05, 0.1) is 11.4 Å². The van der Waals surface area contributed by atoms with Crippen LogP contribution in [0.25, 0.3) is 16.9 Å². The van der Waals surface area contributed by atoms with Gasteiger partial charge in [-0.3, -0.25) is 0 Å². The van der Waals surface area contributed by atoms with Crippen LogP contribution in [0, 0.1) is 6.92 Å². The third kappa shape index (κ3) is 3.27. The maximum Gasteiger partial charge on any atom is 0.168 e. The van der Waals surface area contributed by atoms with Crippen LogP contribution in [0.4, 0.5) is 0 Å². The Morgan fingerprint density at radius 3 is 2.73 bits per heavy atom. The number of imidazole rings is 2. The molecule has 0 saturated heterocycles. The van der Waals surface area contributed by atoms with Crippen molar-refractivity contribution >= 4 is 17.4 Å². The molecule has 5 heteroatoms. The normalized spacial score (nSPS) is 11.3. The lowest BCUT2D eigenvalue weighted by molar-refractivity contribution is 0.620. The second-order valence-electron chi connectivity index (χ2n) is 6.40. The van der Waals surface area contributed by atoms with E-state index in [1.165, 1.54) is 11.3 Å². The summed E-state index contributed by atoms with van der Waals surface area (Å²) >= 11 is 1.77. The molecule has 0 amide bonds. The van der Waals surface area contributed by atoms with Gasteiger partial charge in [0.2, 0.25) is 0 Å². The number of fused-ring (bicyclic) bond motifs is 1. The summed E-state index contributed by atoms with van der Waals surface area (Å²) in [6, 6.07) is 14.6. The van der Waals surface area contributed by atoms with Gasteiger partial charge >= 0.3 is 0 Å². The Morgan fingerprint density at radius 2 is 1.92 bits per heavy atom. The Balaban J connectivity index is 1.74. The molecule has 0 aliphatic heterocycles. The van der Waals surface area contributed by atoms with Crippen LogP contribution in [-0.4, -0.2) is 18.9 Å². The number of hydrogen-bond donors (Lipinski definition) is 0. The van der Waals surface area contributed by atoms with E-state index in [9.17, 15) is 0 Å². The van der Waals surface area contributed by atoms with Crippen LogP contribution in [0.5, 0.6) is 0 Å². The molecule has 4 aromatic rings. The number of hydrogen-bond acceptors (Lipinski definition) is 3. The fourth-order valence-corrected chi connectivity index (χ4v) is 4.14. The maximum absolute atomic E-state index is 4.91. The summed E-state index contributed by atoms with van der Waals surface area (Å²) < 4.78 is 4.44. The highest BCUT2D eigenvalue weighted by Crippen LogP contribution is 2.30. The molecule has 4 rings (SSSR count). The van der Waals surface area contributed by atoms with E-state index in [2.05, 4.69) is 76.6 Å². The molecule has 1 aromatic carbocycles. The first kappa shape index (κ1) is 16.9. The maximum atomic E-state index is 4.91. The zero-order valence-electron chi connectivity index (χ0n) is 15.1. The smallest absolute Gasteiger partial charge is 0.168 e. The first-order valence-electron chi connectivity index (χ1n) is 8.93. The summed E-state index contributed by atoms with van der Waals surface area (Å²) in [4.78, 5) is 9.44. The lowest BCUT2D eigenvalue weighted by Gasteiger charge is -2.08. The highest BCUT2D eigenvalue weighted by molar-refractivity contribution is 7.98. The Kier molecular flexibility index (Phi) is 4.80. The summed E-state index contributed by atoms with van der Waals surface area (Å²) in [5.41, 5.74) is 5.64. The first-order chi connectivity index (χ1) is 12.8. The predicted octanol–water partition coefficient (Wildman–Crippen LogP) is 5.21. The molecule has 4 nitrogen and oxygen atoms in total. The van der Waals surface area contributed by atoms with Gasteiger partial charge < -0.3 is 8.97 Å². The zero-order valence-corrected chi connectivity index (χ0v) is 15.9. The average molecular weight is 363 g/mol. The molecule has 0 atom stereocenters. The van der Waals surface area contributed by atoms with Gasteiger partial charge in [0, 0.05) is 36.5 Å². The monoisotopic (exact) mass is 362 g/mol. The fourth-order valence-electron chi connectivity index (χ4n) is 3.14. The quantitative estimate of drug-likeness (QED) is 0.442. The third-order valence-electron chi connectivity index (χ3n) is 4.39. The van der Waals surface area contributed by atoms with Crippen LogP contribution in [0.3, 0.4) is 0 Å². The Labute approximate surface area is 157 Å². The third-order valence-corrected chi connectivity index (χ3v) is 5.41. The first-order valence-corrected chi connectivity index (χ1v) is 9.91. The van der Waals surface area contributed by atoms with Crippen LogP contribution in [0.1, 0.15) is 24.6 Å². The van der Waals surface area contributed by atoms with E-state index in [-0.39, 0.29) is 0 Å². The van der Waals surface area contributed by atoms with Crippen molar-refractivity contribution in [2.45, 2.75) is 37.7 Å². The molecule has 0 radical (unpaired) electrons. The molecule has 0 unspecified atom stereocenters. The summed E-state index contributed by atoms with van der Waals surface area (Å²) in [6.07, 6.45) is 7.22. The van der Waals surface area contributed by atoms with Gasteiger partial charge in [0.15, 0.2) is 5.16 Å². The number of rotatable bonds is 6. The van der Waals surface area contributed by atoms with Crippen molar-refractivity contribution in [2.75, 3.05) is 0 Å². The van der Waals surface area contributed by atoms with E-state index in [0.717, 1.165) is 40.8 Å². The number of thioether (sulfide) groups is 1. The van der Waals surface area contributed by atoms with Crippen molar-refractivity contribution in [3.63, 3.8) is 0 Å². The molecule has 0 bridgehead atoms. The lowest BCUT2D eigenvalue weighted by Crippen LogP contribution is -1.99. The van der Waals surface area contributed by atoms with Gasteiger partial charge in [-0.1, -0.05) is 55.1 Å². The number of pyridine rings is 1. The van der Waals surface area contributed by atoms with E-state index in [4.69, 9.17) is 4.98 Å². The van der Waals surface area contributed by atoms with Crippen molar-refractivity contribution in [1.82, 2.24) is 18.9 Å². The average Bonchev–Trinajstić information content (AvgIpc) is 3.25. The van der Waals surface area contributed by atoms with E-state index in [0.29, 0.717) is 0 Å². The topological polar surface area (TPSA) is 35.1 Å². The number of nitrogens with zero attached hydrogens (tertiary/aromatic N) is 4. The van der Waals surface area contributed by atoms with Crippen LogP contribution in [-0.2, 0) is 12.3 Å². The minimum Gasteiger partial charge on any atom is -0.326 e. The SMILES string of the molecule is CCCn1ccnc1SCc1c(-c2ccccc2)nc2ccc(C)cn12. The molecule has 3 aromatic heterocycles. The zero-order chi connectivity index (χ0) is 17.9. The van der Waals surface area contributed by atoms with Crippen molar-refractivity contribution < 1.29 is 0 Å². The molecule has 0 aliphatic rings. The predicted molar refractivity (Wildman–Crippen MR) is 107 cm³/mol. The van der Waals surface area contributed by atoms with Gasteiger partial charge in [-0.15, -0.1) is 0 Å². The molecule has 132 valence electrons. The van der Waals surface area contributed by atoms with Gasteiger partial charge in [-0.2, -0.15) is 0 Å². The van der Waals surface area contributed by atoms with Crippen molar-refractivity contribution in [3.05, 3.63) is 72.3 Å². The molecule has 26 heavy (non-hydrogen) atoms. The fraction of sp³-hybridized carbons (Fsp3) is 0.238. The van der Waals surface area contributed by atoms with Gasteiger partial charge in [0.1, 0.15) is 5.65 Å². The lowest BCUT2D eigenvalue weighted by atomic mass is 10.1. The minimum absolute atomic E-state index is 0.829. The number of aryl methyl sites for hydroxylation is 2. The largest absolute Gasteiger partial charge is 0.326 e. The summed E-state index contributed by atoms with van der Waals surface area (Å²) in [5.74, 6) is 0.829. The molecule has 0 N–H and O–H groups in total. The Hall–Kier alpha value is -2.53. The van der Waals surface area contributed by atoms with Crippen LogP contribution in [0.15, 0.2) is 66.2 Å². The van der Waals surface area contributed by atoms with Crippen molar-refractivity contribution in [1.29, 1.82) is 0 Å². The van der Waals surface area contributed by atoms with Crippen molar-refractivity contribution in [3.8, 4) is 11.3 Å². The highest BCUT2D eigenvalue weighted by Gasteiger charge is 2.15. The van der Waals surface area contributed by atoms with Crippen LogP contribution >= 0.6 is 11.8 Å². The van der Waals surface area contributed by atoms with E-state index in [1.54, 1.807) is 11.8 Å². The van der Waals surface area contributed by atoms with Gasteiger partial charge in [0.25, 0.3) is 0 Å². The number of benzene rings is 1. The van der Waals surface area contributed by atoms with Crippen LogP contribution < -0.4 is 0 Å². The van der Waals surface area contributed by atoms with E-state index in [1.807, 2.05) is 12.3 Å². The Bertz CT molecular complexity index is 1020. The standard InChI is InChI=1S/C21H22N4S/c1-3-12-24-13-11-22-21(24)26-15-18-20(17-7-5-4-6-8-17)23-19-10-9-16(2)14-25(18)19/h4-11,13-14H,3,12,15H2,1-2H3. The van der Waals surface area contributed by atoms with Gasteiger partial charge in [-0.25, -0.2) is 9.97 Å². The highest BCUT2D eigenvalue weighted by atomic mass is 32.2. The van der Waals surface area contributed by atoms with Crippen LogP contribution in [0.2, 0.25) is 0 Å². The summed E-state index contributed by atoms with van der Waals surface area (Å²) in [7, 11) is 0. The minimum atomic E-state index is 0.829. The second-order valence-corrected chi connectivity index (χ2v) is 7.34. The molecular weight excluding hydrogens is 340 g/mol. The van der Waals surface area contributed by atoms with Gasteiger partial charge in [-0.05, 0) is 25.0 Å². The molecule has 3 heterocycles. The second kappa shape index (κ2) is 7.38. The molecule has 0 fully saturated rings. The molecular formula is C21H22N4S. The molecule has 0 spiro atoms. The van der Waals surface area contributed by atoms with E-state index < -0.39 is 0 Å². The van der Waals surface area contributed by atoms with Crippen molar-refractivity contribution in [2.24, 2.45) is 0 Å². The summed E-state index contributed by atoms with van der Waals surface area (Å²) in [5, 5.41) is 1.06. The van der Waals surface area contributed by atoms with E-state index >= 15 is 0 Å².